The van der Waals surface area contributed by atoms with Crippen LogP contribution in [0.25, 0.3) is 0 Å². The van der Waals surface area contributed by atoms with Gasteiger partial charge < -0.3 is 24.5 Å². The summed E-state index contributed by atoms with van der Waals surface area (Å²) in [6, 6.07) is 1.42. The van der Waals surface area contributed by atoms with Gasteiger partial charge in [-0.25, -0.2) is 4.98 Å². The van der Waals surface area contributed by atoms with Crippen molar-refractivity contribution >= 4 is 18.2 Å². The van der Waals surface area contributed by atoms with Gasteiger partial charge in [-0.3, -0.25) is 14.6 Å². The third-order valence-electron chi connectivity index (χ3n) is 12.0. The third kappa shape index (κ3) is 41.5. The Morgan fingerprint density at radius 2 is 1.10 bits per heavy atom. The lowest BCUT2D eigenvalue weighted by Crippen LogP contribution is -2.28. The van der Waals surface area contributed by atoms with Crippen molar-refractivity contribution in [3.8, 4) is 0 Å². The number of rotatable bonds is 45. The van der Waals surface area contributed by atoms with Crippen LogP contribution >= 0.6 is 0 Å². The average Bonchev–Trinajstić information content (AvgIpc) is 3.26. The fourth-order valence-corrected chi connectivity index (χ4v) is 7.99. The maximum atomic E-state index is 12.7. The van der Waals surface area contributed by atoms with Gasteiger partial charge in [0.05, 0.1) is 6.10 Å². The fourth-order valence-electron chi connectivity index (χ4n) is 7.99. The van der Waals surface area contributed by atoms with E-state index in [1.54, 1.807) is 0 Å². The highest BCUT2D eigenvalue weighted by atomic mass is 16.5. The lowest BCUT2D eigenvalue weighted by Gasteiger charge is -2.22. The van der Waals surface area contributed by atoms with Crippen molar-refractivity contribution in [1.29, 1.82) is 0 Å². The van der Waals surface area contributed by atoms with Crippen molar-refractivity contribution in [3.63, 3.8) is 0 Å². The van der Waals surface area contributed by atoms with Gasteiger partial charge in [-0.1, -0.05) is 169 Å². The van der Waals surface area contributed by atoms with Crippen LogP contribution in [-0.2, 0) is 19.1 Å². The van der Waals surface area contributed by atoms with E-state index in [-0.39, 0.29) is 17.6 Å². The monoisotopic (exact) mass is 861 g/mol. The van der Waals surface area contributed by atoms with Crippen molar-refractivity contribution < 1.29 is 19.1 Å². The van der Waals surface area contributed by atoms with Crippen LogP contribution in [0.4, 0.5) is 5.95 Å². The first kappa shape index (κ1) is 58.7. The predicted octanol–water partition coefficient (Wildman–Crippen LogP) is 14.3. The summed E-state index contributed by atoms with van der Waals surface area (Å²) < 4.78 is 11.4. The van der Waals surface area contributed by atoms with Crippen LogP contribution in [-0.4, -0.2) is 72.6 Å². The summed E-state index contributed by atoms with van der Waals surface area (Å²) in [4.78, 5) is 44.2. The van der Waals surface area contributed by atoms with Crippen molar-refractivity contribution in [3.05, 3.63) is 22.6 Å². The molecule has 0 aromatic carbocycles. The normalized spacial score (nSPS) is 11.8. The van der Waals surface area contributed by atoms with Crippen LogP contribution in [0.15, 0.2) is 17.1 Å². The molecule has 0 amide bonds. The van der Waals surface area contributed by atoms with Gasteiger partial charge in [-0.2, -0.15) is 0 Å². The number of unbranched alkanes of at least 4 members (excludes halogenated alkanes) is 24. The van der Waals surface area contributed by atoms with Crippen LogP contribution in [0.2, 0.25) is 0 Å². The maximum Gasteiger partial charge on any atom is 0.306 e. The van der Waals surface area contributed by atoms with Gasteiger partial charge in [-0.05, 0) is 90.3 Å². The highest BCUT2D eigenvalue weighted by Gasteiger charge is 2.14. The number of hydrogen-bond acceptors (Lipinski definition) is 8. The lowest BCUT2D eigenvalue weighted by atomic mass is 10.0. The number of aromatic amines is 1. The van der Waals surface area contributed by atoms with Crippen LogP contribution in [0.5, 0.6) is 0 Å². The quantitative estimate of drug-likeness (QED) is 0.0379. The number of carbonyl (C=O) groups excluding carboxylic acids is 2. The molecule has 9 heteroatoms. The molecule has 0 aliphatic carbocycles. The minimum Gasteiger partial charge on any atom is -0.462 e. The standard InChI is InChI=1S/C40H74N4O4.C12H26O/c1-3-5-7-9-14-20-27-37(28-21-15-10-8-6-4-2)48-39(47)29-22-16-13-18-24-34-44(33-23-17-11-12-19-25-36-45)35-26-31-41-40-42-32-30-38(46)43-40;1-4-6-7-8-9-10-11-12(5-2)13-3/h30,32,36-37H,3-29,31,33-35H2,1-2H3,(H2,41,42,43,46);12H,4-11H2,1-3H3. The zero-order valence-electron chi connectivity index (χ0n) is 40.9. The number of aromatic nitrogens is 2. The number of hydrogen-bond donors (Lipinski definition) is 2. The number of methoxy groups -OCH3 is 1. The third-order valence-corrected chi connectivity index (χ3v) is 12.0. The molecule has 0 aliphatic rings. The number of nitrogens with zero attached hydrogens (tertiary/aromatic N) is 2. The fraction of sp³-hybridized carbons (Fsp3) is 0.885. The molecule has 1 unspecified atom stereocenters. The molecule has 0 spiro atoms. The molecule has 358 valence electrons. The molecule has 2 N–H and O–H groups in total. The first-order valence-electron chi connectivity index (χ1n) is 26.1. The molecular weight excluding hydrogens is 761 g/mol. The maximum absolute atomic E-state index is 12.7. The summed E-state index contributed by atoms with van der Waals surface area (Å²) in [7, 11) is 1.82. The summed E-state index contributed by atoms with van der Waals surface area (Å²) in [6.07, 6.45) is 44.7. The minimum atomic E-state index is -0.143. The zero-order chi connectivity index (χ0) is 44.7. The number of nitrogens with one attached hydrogen (secondary N) is 2. The second-order valence-corrected chi connectivity index (χ2v) is 17.7. The van der Waals surface area contributed by atoms with Crippen LogP contribution in [0.3, 0.4) is 0 Å². The molecule has 0 saturated heterocycles. The Morgan fingerprint density at radius 3 is 1.59 bits per heavy atom. The number of esters is 1. The van der Waals surface area contributed by atoms with E-state index >= 15 is 0 Å². The molecule has 1 rings (SSSR count). The lowest BCUT2D eigenvalue weighted by molar-refractivity contribution is -0.150. The Morgan fingerprint density at radius 1 is 0.639 bits per heavy atom. The Balaban J connectivity index is 0.00000237. The van der Waals surface area contributed by atoms with E-state index < -0.39 is 0 Å². The van der Waals surface area contributed by atoms with E-state index in [2.05, 4.69) is 47.9 Å². The SMILES string of the molecule is CCCCCCCCC(CC)OC.CCCCCCCCC(CCCCCCCC)OC(=O)CCCCCCCN(CCCCCCCC=O)CCCNc1nccc(=O)[nH]1. The van der Waals surface area contributed by atoms with Gasteiger partial charge in [0, 0.05) is 38.8 Å². The van der Waals surface area contributed by atoms with Crippen molar-refractivity contribution in [2.24, 2.45) is 0 Å². The zero-order valence-corrected chi connectivity index (χ0v) is 40.9. The summed E-state index contributed by atoms with van der Waals surface area (Å²) in [5.74, 6) is 0.539. The van der Waals surface area contributed by atoms with Crippen molar-refractivity contribution in [2.75, 3.05) is 38.6 Å². The Labute approximate surface area is 376 Å². The van der Waals surface area contributed by atoms with Crippen LogP contribution in [0.1, 0.15) is 252 Å². The predicted molar refractivity (Wildman–Crippen MR) is 261 cm³/mol. The summed E-state index contributed by atoms with van der Waals surface area (Å²) in [6.45, 7) is 12.9. The number of H-pyrrole nitrogens is 1. The molecule has 1 aromatic heterocycles. The number of ether oxygens (including phenoxy) is 2. The molecule has 1 aromatic rings. The highest BCUT2D eigenvalue weighted by Crippen LogP contribution is 2.19. The molecular formula is C52H100N4O5. The van der Waals surface area contributed by atoms with E-state index in [0.717, 1.165) is 90.3 Å². The summed E-state index contributed by atoms with van der Waals surface area (Å²) in [5, 5.41) is 3.23. The van der Waals surface area contributed by atoms with Crippen molar-refractivity contribution in [2.45, 2.75) is 265 Å². The second-order valence-electron chi connectivity index (χ2n) is 17.7. The van der Waals surface area contributed by atoms with E-state index in [1.165, 1.54) is 166 Å². The summed E-state index contributed by atoms with van der Waals surface area (Å²) in [5.41, 5.74) is -0.143. The molecule has 1 atom stereocenters. The molecule has 9 nitrogen and oxygen atoms in total. The van der Waals surface area contributed by atoms with Gasteiger partial charge in [0.25, 0.3) is 5.56 Å². The minimum absolute atomic E-state index is 0.0117. The molecule has 1 heterocycles. The Kier molecular flexibility index (Phi) is 45.5. The molecule has 0 saturated carbocycles. The molecule has 0 aliphatic heterocycles. The van der Waals surface area contributed by atoms with E-state index in [4.69, 9.17) is 9.47 Å². The number of aldehydes is 1. The topological polar surface area (TPSA) is 114 Å². The average molecular weight is 861 g/mol. The van der Waals surface area contributed by atoms with E-state index in [1.807, 2.05) is 7.11 Å². The molecule has 0 bridgehead atoms. The van der Waals surface area contributed by atoms with Crippen molar-refractivity contribution in [1.82, 2.24) is 14.9 Å². The number of carbonyl (C=O) groups is 2. The Bertz CT molecular complexity index is 1100. The van der Waals surface area contributed by atoms with Gasteiger partial charge in [0.15, 0.2) is 0 Å². The smallest absolute Gasteiger partial charge is 0.306 e. The first-order chi connectivity index (χ1) is 29.9. The largest absolute Gasteiger partial charge is 0.462 e. The van der Waals surface area contributed by atoms with Crippen LogP contribution < -0.4 is 10.9 Å². The Hall–Kier alpha value is -2.26. The van der Waals surface area contributed by atoms with Crippen LogP contribution in [0, 0.1) is 0 Å². The highest BCUT2D eigenvalue weighted by molar-refractivity contribution is 5.69. The first-order valence-corrected chi connectivity index (χ1v) is 26.1. The molecule has 61 heavy (non-hydrogen) atoms. The van der Waals surface area contributed by atoms with E-state index in [0.29, 0.717) is 24.9 Å². The van der Waals surface area contributed by atoms with Gasteiger partial charge in [0.1, 0.15) is 12.4 Å². The summed E-state index contributed by atoms with van der Waals surface area (Å²) >= 11 is 0. The second kappa shape index (κ2) is 47.2. The van der Waals surface area contributed by atoms with Gasteiger partial charge in [0.2, 0.25) is 5.95 Å². The van der Waals surface area contributed by atoms with E-state index in [9.17, 15) is 14.4 Å². The van der Waals surface area contributed by atoms with Gasteiger partial charge >= 0.3 is 5.97 Å². The molecule has 0 radical (unpaired) electrons. The molecule has 0 fully saturated rings. The van der Waals surface area contributed by atoms with Gasteiger partial charge in [-0.15, -0.1) is 0 Å². The number of anilines is 1.